The molecule has 0 aliphatic rings. The fourth-order valence-electron chi connectivity index (χ4n) is 5.38. The predicted molar refractivity (Wildman–Crippen MR) is 196 cm³/mol. The summed E-state index contributed by atoms with van der Waals surface area (Å²) in [5.41, 5.74) is 3.30. The molecule has 0 fully saturated rings. The topological polar surface area (TPSA) is 0 Å². The van der Waals surface area contributed by atoms with Gasteiger partial charge in [-0.2, -0.15) is 12.1 Å². The summed E-state index contributed by atoms with van der Waals surface area (Å²) in [5.74, 6) is 0. The first-order chi connectivity index (χ1) is 19.8. The number of hydrogen-bond acceptors (Lipinski definition) is 0. The van der Waals surface area contributed by atoms with Crippen molar-refractivity contribution in [3.63, 3.8) is 0 Å². The van der Waals surface area contributed by atoms with Crippen LogP contribution in [0.2, 0.25) is 0 Å². The SMILES string of the molecule is C=CC=CC.CCC(C)P(c1cc2ccccc2[cH-]1)C(C)CC.CCC(C)P(c1cc2ccccc2[cH-]1)C(C)CC.[Ti+2]. The summed E-state index contributed by atoms with van der Waals surface area (Å²) in [5, 5.41) is 8.85. The minimum atomic E-state index is -0.0252. The van der Waals surface area contributed by atoms with Crippen LogP contribution in [0, 0.1) is 0 Å². The van der Waals surface area contributed by atoms with E-state index in [0.29, 0.717) is 0 Å². The standard InChI is InChI=1S/2C17H24P.C5H8.Ti/c2*1-5-13(3)18(14(4)6-2)17-11-15-9-7-8-10-16(15)12-17;1-3-5-4-2;/h2*7-14H,5-6H2,1-4H3;3-5H,1H2,2H3;/q2*-1;;+2. The van der Waals surface area contributed by atoms with Crippen molar-refractivity contribution in [1.82, 2.24) is 0 Å². The van der Waals surface area contributed by atoms with Crippen molar-refractivity contribution in [3.8, 4) is 0 Å². The Kier molecular flexibility index (Phi) is 19.0. The van der Waals surface area contributed by atoms with Crippen molar-refractivity contribution in [1.29, 1.82) is 0 Å². The van der Waals surface area contributed by atoms with Gasteiger partial charge >= 0.3 is 21.7 Å². The molecule has 0 heterocycles. The molecule has 4 aromatic rings. The molecule has 4 atom stereocenters. The quantitative estimate of drug-likeness (QED) is 0.0667. The van der Waals surface area contributed by atoms with Crippen LogP contribution in [0.3, 0.4) is 0 Å². The largest absolute Gasteiger partial charge is 2.00 e. The molecule has 0 aliphatic heterocycles. The monoisotopic (exact) mass is 634 g/mol. The minimum absolute atomic E-state index is 0. The fourth-order valence-corrected chi connectivity index (χ4v) is 11.9. The number of hydrogen-bond donors (Lipinski definition) is 0. The third kappa shape index (κ3) is 11.0. The summed E-state index contributed by atoms with van der Waals surface area (Å²) >= 11 is 0. The van der Waals surface area contributed by atoms with Crippen LogP contribution >= 0.6 is 15.8 Å². The van der Waals surface area contributed by atoms with Crippen LogP contribution in [0.5, 0.6) is 0 Å². The van der Waals surface area contributed by atoms with Crippen LogP contribution in [0.4, 0.5) is 0 Å². The van der Waals surface area contributed by atoms with Crippen molar-refractivity contribution in [2.24, 2.45) is 0 Å². The molecule has 0 amide bonds. The van der Waals surface area contributed by atoms with Crippen LogP contribution in [-0.2, 0) is 21.7 Å². The molecule has 0 N–H and O–H groups in total. The Morgan fingerprint density at radius 1 is 0.643 bits per heavy atom. The zero-order chi connectivity index (χ0) is 30.4. The summed E-state index contributed by atoms with van der Waals surface area (Å²) in [7, 11) is -0.0504. The number of benzene rings is 2. The second kappa shape index (κ2) is 20.6. The van der Waals surface area contributed by atoms with Crippen molar-refractivity contribution >= 4 is 48.0 Å². The van der Waals surface area contributed by atoms with Crippen molar-refractivity contribution < 1.29 is 21.7 Å². The molecule has 4 aromatic carbocycles. The van der Waals surface area contributed by atoms with Gasteiger partial charge in [0, 0.05) is 0 Å². The van der Waals surface area contributed by atoms with Gasteiger partial charge in [0.25, 0.3) is 0 Å². The molecule has 3 heteroatoms. The Morgan fingerprint density at radius 3 is 1.21 bits per heavy atom. The average molecular weight is 635 g/mol. The van der Waals surface area contributed by atoms with E-state index in [0.717, 1.165) is 22.6 Å². The fraction of sp³-hybridized carbons (Fsp3) is 0.436. The van der Waals surface area contributed by atoms with Crippen molar-refractivity contribution in [2.75, 3.05) is 0 Å². The van der Waals surface area contributed by atoms with E-state index < -0.39 is 0 Å². The maximum atomic E-state index is 3.46. The molecule has 0 nitrogen and oxygen atoms in total. The van der Waals surface area contributed by atoms with E-state index in [1.54, 1.807) is 16.7 Å². The Bertz CT molecular complexity index is 1130. The van der Waals surface area contributed by atoms with Gasteiger partial charge in [0.15, 0.2) is 0 Å². The number of rotatable bonds is 11. The molecule has 0 saturated carbocycles. The minimum Gasteiger partial charge on any atom is -0.161 e. The summed E-state index contributed by atoms with van der Waals surface area (Å²) in [6.07, 6.45) is 10.7. The maximum Gasteiger partial charge on any atom is 2.00 e. The third-order valence-electron chi connectivity index (χ3n) is 8.39. The molecule has 0 bridgehead atoms. The molecule has 0 radical (unpaired) electrons. The Hall–Kier alpha value is -1.29. The molecule has 0 spiro atoms. The maximum absolute atomic E-state index is 3.46. The average Bonchev–Trinajstić information content (AvgIpc) is 3.62. The third-order valence-corrected chi connectivity index (χ3v) is 15.4. The van der Waals surface area contributed by atoms with Gasteiger partial charge < -0.3 is 0 Å². The van der Waals surface area contributed by atoms with Gasteiger partial charge in [-0.25, -0.2) is 0 Å². The van der Waals surface area contributed by atoms with E-state index in [1.165, 1.54) is 47.2 Å². The van der Waals surface area contributed by atoms with Crippen LogP contribution < -0.4 is 10.6 Å². The second-order valence-electron chi connectivity index (χ2n) is 11.3. The predicted octanol–water partition coefficient (Wildman–Crippen LogP) is 12.3. The number of allylic oxidation sites excluding steroid dienone is 3. The molecular formula is C39H56P2Ti. The van der Waals surface area contributed by atoms with Gasteiger partial charge in [0.2, 0.25) is 0 Å². The van der Waals surface area contributed by atoms with E-state index in [4.69, 9.17) is 0 Å². The van der Waals surface area contributed by atoms with E-state index in [2.05, 4.69) is 135 Å². The van der Waals surface area contributed by atoms with Crippen LogP contribution in [0.15, 0.2) is 97.6 Å². The Balaban J connectivity index is 0.000000355. The molecule has 4 rings (SSSR count). The summed E-state index contributed by atoms with van der Waals surface area (Å²) in [6, 6.07) is 27.2. The van der Waals surface area contributed by atoms with E-state index in [1.807, 2.05) is 19.1 Å². The Morgan fingerprint density at radius 2 is 0.976 bits per heavy atom. The molecular weight excluding hydrogens is 578 g/mol. The normalized spacial score (nSPS) is 15.4. The molecule has 226 valence electrons. The van der Waals surface area contributed by atoms with Gasteiger partial charge in [-0.15, -0.1) is 80.7 Å². The van der Waals surface area contributed by atoms with Crippen LogP contribution in [0.25, 0.3) is 21.5 Å². The number of fused-ring (bicyclic) bond motifs is 2. The van der Waals surface area contributed by atoms with Crippen LogP contribution in [-0.4, -0.2) is 22.6 Å². The first-order valence-electron chi connectivity index (χ1n) is 15.9. The smallest absolute Gasteiger partial charge is 0.161 e. The van der Waals surface area contributed by atoms with Gasteiger partial charge in [-0.1, -0.05) is 108 Å². The summed E-state index contributed by atoms with van der Waals surface area (Å²) in [4.78, 5) is 0. The van der Waals surface area contributed by atoms with Crippen LogP contribution in [0.1, 0.15) is 88.0 Å². The van der Waals surface area contributed by atoms with Crippen molar-refractivity contribution in [2.45, 2.75) is 111 Å². The molecule has 4 unspecified atom stereocenters. The zero-order valence-electron chi connectivity index (χ0n) is 27.9. The first-order valence-corrected chi connectivity index (χ1v) is 18.8. The van der Waals surface area contributed by atoms with Gasteiger partial charge in [0.05, 0.1) is 0 Å². The second-order valence-corrected chi connectivity index (χ2v) is 17.5. The summed E-state index contributed by atoms with van der Waals surface area (Å²) < 4.78 is 0. The van der Waals surface area contributed by atoms with Crippen molar-refractivity contribution in [3.05, 3.63) is 97.6 Å². The van der Waals surface area contributed by atoms with Gasteiger partial charge in [0.1, 0.15) is 0 Å². The van der Waals surface area contributed by atoms with E-state index >= 15 is 0 Å². The molecule has 42 heavy (non-hydrogen) atoms. The molecule has 0 aromatic heterocycles. The summed E-state index contributed by atoms with van der Waals surface area (Å²) in [6.45, 7) is 24.4. The first kappa shape index (κ1) is 38.7. The zero-order valence-corrected chi connectivity index (χ0v) is 31.3. The molecule has 0 saturated heterocycles. The van der Waals surface area contributed by atoms with E-state index in [-0.39, 0.29) is 37.6 Å². The van der Waals surface area contributed by atoms with Gasteiger partial charge in [-0.3, -0.25) is 0 Å². The van der Waals surface area contributed by atoms with E-state index in [9.17, 15) is 0 Å². The molecule has 0 aliphatic carbocycles. The Labute approximate surface area is 276 Å². The van der Waals surface area contributed by atoms with Gasteiger partial charge in [-0.05, 0) is 55.2 Å².